The van der Waals surface area contributed by atoms with Gasteiger partial charge in [0.25, 0.3) is 5.91 Å². The van der Waals surface area contributed by atoms with Gasteiger partial charge in [-0.1, -0.05) is 6.07 Å². The Bertz CT molecular complexity index is 949. The molecule has 1 amide bonds. The van der Waals surface area contributed by atoms with Crippen molar-refractivity contribution in [3.05, 3.63) is 66.4 Å². The van der Waals surface area contributed by atoms with E-state index in [0.717, 1.165) is 5.69 Å². The minimum atomic E-state index is -0.338. The van der Waals surface area contributed by atoms with E-state index in [0.29, 0.717) is 42.8 Å². The molecule has 27 heavy (non-hydrogen) atoms. The first kappa shape index (κ1) is 16.8. The van der Waals surface area contributed by atoms with Crippen molar-refractivity contribution in [2.24, 2.45) is 0 Å². The number of nitrogens with zero attached hydrogens (tertiary/aromatic N) is 3. The lowest BCUT2D eigenvalue weighted by molar-refractivity contribution is 0.102. The molecule has 0 unspecified atom stereocenters. The van der Waals surface area contributed by atoms with Gasteiger partial charge in [-0.15, -0.1) is 0 Å². The average molecular weight is 363 g/mol. The summed E-state index contributed by atoms with van der Waals surface area (Å²) in [5, 5.41) is 5.94. The number of carbonyl (C=O) groups excluding carboxylic acids is 1. The molecule has 136 valence electrons. The molecule has 8 heteroatoms. The van der Waals surface area contributed by atoms with Crippen molar-refractivity contribution in [2.45, 2.75) is 6.54 Å². The van der Waals surface area contributed by atoms with Gasteiger partial charge in [-0.3, -0.25) is 9.78 Å². The molecule has 2 N–H and O–H groups in total. The molecule has 1 aliphatic heterocycles. The Balaban J connectivity index is 1.43. The van der Waals surface area contributed by atoms with E-state index in [2.05, 4.69) is 25.6 Å². The Morgan fingerprint density at radius 1 is 1.00 bits per heavy atom. The van der Waals surface area contributed by atoms with Gasteiger partial charge in [0.2, 0.25) is 0 Å². The second kappa shape index (κ2) is 7.69. The van der Waals surface area contributed by atoms with Crippen LogP contribution in [0.3, 0.4) is 0 Å². The molecule has 0 aliphatic carbocycles. The second-order valence-corrected chi connectivity index (χ2v) is 5.78. The summed E-state index contributed by atoms with van der Waals surface area (Å²) in [6.07, 6.45) is 3.07. The Kier molecular flexibility index (Phi) is 4.78. The Labute approximate surface area is 155 Å². The smallest absolute Gasteiger partial charge is 0.274 e. The molecule has 0 saturated carbocycles. The molecule has 0 spiro atoms. The number of ether oxygens (including phenoxy) is 2. The highest BCUT2D eigenvalue weighted by atomic mass is 16.6. The van der Waals surface area contributed by atoms with E-state index < -0.39 is 0 Å². The maximum absolute atomic E-state index is 12.5. The molecule has 0 fully saturated rings. The van der Waals surface area contributed by atoms with Crippen molar-refractivity contribution in [1.82, 2.24) is 15.0 Å². The molecular formula is C19H17N5O3. The van der Waals surface area contributed by atoms with Gasteiger partial charge < -0.3 is 20.1 Å². The fraction of sp³-hybridized carbons (Fsp3) is 0.158. The number of nitrogens with one attached hydrogen (secondary N) is 2. The predicted octanol–water partition coefficient (Wildman–Crippen LogP) is 2.51. The number of rotatable bonds is 5. The molecule has 4 rings (SSSR count). The van der Waals surface area contributed by atoms with E-state index in [1.54, 1.807) is 30.5 Å². The number of fused-ring (bicyclic) bond motifs is 1. The Morgan fingerprint density at radius 2 is 1.89 bits per heavy atom. The van der Waals surface area contributed by atoms with Gasteiger partial charge in [0.05, 0.1) is 12.2 Å². The average Bonchev–Trinajstić information content (AvgIpc) is 2.73. The van der Waals surface area contributed by atoms with Crippen LogP contribution >= 0.6 is 0 Å². The van der Waals surface area contributed by atoms with Crippen LogP contribution in [-0.2, 0) is 6.54 Å². The summed E-state index contributed by atoms with van der Waals surface area (Å²) in [4.78, 5) is 24.9. The lowest BCUT2D eigenvalue weighted by atomic mass is 10.2. The number of carbonyl (C=O) groups is 1. The van der Waals surface area contributed by atoms with Crippen LogP contribution in [-0.4, -0.2) is 34.1 Å². The summed E-state index contributed by atoms with van der Waals surface area (Å²) in [5.74, 6) is 1.49. The van der Waals surface area contributed by atoms with Crippen LogP contribution in [0.1, 0.15) is 16.2 Å². The topological polar surface area (TPSA) is 98.3 Å². The van der Waals surface area contributed by atoms with Gasteiger partial charge in [0, 0.05) is 24.0 Å². The Morgan fingerprint density at radius 3 is 2.74 bits per heavy atom. The van der Waals surface area contributed by atoms with Crippen LogP contribution in [0.25, 0.3) is 0 Å². The number of amides is 1. The SMILES string of the molecule is O=C(Nc1ccc2c(c1)OCCO2)c1cc(NCc2ccccn2)ncn1. The molecule has 0 bridgehead atoms. The summed E-state index contributed by atoms with van der Waals surface area (Å²) in [5.41, 5.74) is 1.73. The zero-order valence-corrected chi connectivity index (χ0v) is 14.4. The molecule has 3 aromatic rings. The third-order valence-corrected chi connectivity index (χ3v) is 3.88. The van der Waals surface area contributed by atoms with E-state index >= 15 is 0 Å². The normalized spacial score (nSPS) is 12.3. The van der Waals surface area contributed by atoms with E-state index in [-0.39, 0.29) is 11.6 Å². The zero-order valence-electron chi connectivity index (χ0n) is 14.4. The highest BCUT2D eigenvalue weighted by Crippen LogP contribution is 2.32. The molecular weight excluding hydrogens is 346 g/mol. The minimum absolute atomic E-state index is 0.253. The lowest BCUT2D eigenvalue weighted by Gasteiger charge is -2.19. The van der Waals surface area contributed by atoms with E-state index in [4.69, 9.17) is 9.47 Å². The van der Waals surface area contributed by atoms with Crippen molar-refractivity contribution in [3.63, 3.8) is 0 Å². The van der Waals surface area contributed by atoms with Crippen LogP contribution in [0.5, 0.6) is 11.5 Å². The fourth-order valence-electron chi connectivity index (χ4n) is 2.58. The first-order valence-electron chi connectivity index (χ1n) is 8.45. The van der Waals surface area contributed by atoms with Crippen molar-refractivity contribution < 1.29 is 14.3 Å². The van der Waals surface area contributed by atoms with Gasteiger partial charge in [-0.25, -0.2) is 9.97 Å². The number of aromatic nitrogens is 3. The van der Waals surface area contributed by atoms with Crippen molar-refractivity contribution in [1.29, 1.82) is 0 Å². The van der Waals surface area contributed by atoms with Gasteiger partial charge in [0.1, 0.15) is 31.1 Å². The monoisotopic (exact) mass is 363 g/mol. The van der Waals surface area contributed by atoms with E-state index in [1.165, 1.54) is 6.33 Å². The van der Waals surface area contributed by atoms with Crippen LogP contribution in [0.2, 0.25) is 0 Å². The highest BCUT2D eigenvalue weighted by Gasteiger charge is 2.14. The van der Waals surface area contributed by atoms with E-state index in [1.807, 2.05) is 18.2 Å². The van der Waals surface area contributed by atoms with Crippen LogP contribution < -0.4 is 20.1 Å². The first-order valence-corrected chi connectivity index (χ1v) is 8.45. The maximum atomic E-state index is 12.5. The van der Waals surface area contributed by atoms with Gasteiger partial charge >= 0.3 is 0 Å². The summed E-state index contributed by atoms with van der Waals surface area (Å²) in [6, 6.07) is 12.5. The third-order valence-electron chi connectivity index (χ3n) is 3.88. The van der Waals surface area contributed by atoms with Crippen LogP contribution in [0.4, 0.5) is 11.5 Å². The zero-order chi connectivity index (χ0) is 18.5. The molecule has 0 radical (unpaired) electrons. The quantitative estimate of drug-likeness (QED) is 0.719. The molecule has 1 aromatic carbocycles. The van der Waals surface area contributed by atoms with E-state index in [9.17, 15) is 4.79 Å². The van der Waals surface area contributed by atoms with Crippen LogP contribution in [0.15, 0.2) is 55.0 Å². The van der Waals surface area contributed by atoms with Gasteiger partial charge in [0.15, 0.2) is 11.5 Å². The molecule has 2 aromatic heterocycles. The second-order valence-electron chi connectivity index (χ2n) is 5.78. The van der Waals surface area contributed by atoms with Gasteiger partial charge in [-0.05, 0) is 24.3 Å². The number of anilines is 2. The molecule has 1 aliphatic rings. The summed E-state index contributed by atoms with van der Waals surface area (Å²) < 4.78 is 11.0. The fourth-order valence-corrected chi connectivity index (χ4v) is 2.58. The van der Waals surface area contributed by atoms with Crippen molar-refractivity contribution in [3.8, 4) is 11.5 Å². The molecule has 8 nitrogen and oxygen atoms in total. The highest BCUT2D eigenvalue weighted by molar-refractivity contribution is 6.03. The van der Waals surface area contributed by atoms with Crippen molar-refractivity contribution in [2.75, 3.05) is 23.8 Å². The maximum Gasteiger partial charge on any atom is 0.274 e. The summed E-state index contributed by atoms with van der Waals surface area (Å²) in [6.45, 7) is 1.51. The lowest BCUT2D eigenvalue weighted by Crippen LogP contribution is -2.17. The molecule has 3 heterocycles. The largest absolute Gasteiger partial charge is 0.486 e. The Hall–Kier alpha value is -3.68. The minimum Gasteiger partial charge on any atom is -0.486 e. The third kappa shape index (κ3) is 4.12. The summed E-state index contributed by atoms with van der Waals surface area (Å²) >= 11 is 0. The van der Waals surface area contributed by atoms with Crippen molar-refractivity contribution >= 4 is 17.4 Å². The summed E-state index contributed by atoms with van der Waals surface area (Å²) in [7, 11) is 0. The standard InChI is InChI=1S/C19H17N5O3/c25-19(24-13-4-5-16-17(9-13)27-8-7-26-16)15-10-18(23-12-22-15)21-11-14-3-1-2-6-20-14/h1-6,9-10,12H,7-8,11H2,(H,24,25)(H,21,22,23). The number of benzene rings is 1. The number of hydrogen-bond acceptors (Lipinski definition) is 7. The predicted molar refractivity (Wildman–Crippen MR) is 99.0 cm³/mol. The number of pyridine rings is 1. The molecule has 0 saturated heterocycles. The molecule has 0 atom stereocenters. The van der Waals surface area contributed by atoms with Gasteiger partial charge in [-0.2, -0.15) is 0 Å². The number of hydrogen-bond donors (Lipinski definition) is 2. The first-order chi connectivity index (χ1) is 13.3. The van der Waals surface area contributed by atoms with Crippen LogP contribution in [0, 0.1) is 0 Å².